The van der Waals surface area contributed by atoms with Crippen LogP contribution in [-0.2, 0) is 28.9 Å². The van der Waals surface area contributed by atoms with E-state index in [9.17, 15) is 14.0 Å². The molecule has 2 heterocycles. The van der Waals surface area contributed by atoms with Crippen LogP contribution in [0, 0.1) is 5.82 Å². The van der Waals surface area contributed by atoms with E-state index >= 15 is 0 Å². The zero-order valence-corrected chi connectivity index (χ0v) is 17.9. The van der Waals surface area contributed by atoms with Crippen molar-refractivity contribution in [1.29, 1.82) is 0 Å². The Balaban J connectivity index is 1.80. The molecule has 6 nitrogen and oxygen atoms in total. The molecule has 0 aliphatic rings. The van der Waals surface area contributed by atoms with Crippen LogP contribution in [0.15, 0.2) is 52.8 Å². The smallest absolute Gasteiger partial charge is 0.277 e. The minimum absolute atomic E-state index is 0.0888. The van der Waals surface area contributed by atoms with Gasteiger partial charge in [0.15, 0.2) is 5.16 Å². The van der Waals surface area contributed by atoms with Gasteiger partial charge in [-0.2, -0.15) is 4.98 Å². The molecule has 8 heteroatoms. The molecule has 0 spiro atoms. The van der Waals surface area contributed by atoms with Crippen LogP contribution in [0.4, 0.5) is 4.39 Å². The van der Waals surface area contributed by atoms with E-state index in [1.807, 2.05) is 20.8 Å². The van der Waals surface area contributed by atoms with Crippen LogP contribution in [0.2, 0.25) is 0 Å². The Morgan fingerprint density at radius 3 is 2.37 bits per heavy atom. The van der Waals surface area contributed by atoms with Crippen LogP contribution in [0.5, 0.6) is 0 Å². The Labute approximate surface area is 178 Å². The standard InChI is InChI=1S/C22H23FN4O2S/c1-22(2,3)20-24-11-16(12-25-20)10-17-13-27(8-9-28)21(26-19(17)29)30-14-15-4-6-18(23)7-5-15/h4-7,9,11-13H,8,10,14H2,1-3H3. The molecule has 0 saturated carbocycles. The van der Waals surface area contributed by atoms with E-state index in [0.29, 0.717) is 22.9 Å². The molecule has 3 aromatic rings. The molecular weight excluding hydrogens is 403 g/mol. The van der Waals surface area contributed by atoms with Crippen LogP contribution in [-0.4, -0.2) is 25.8 Å². The second-order valence-electron chi connectivity index (χ2n) is 7.93. The van der Waals surface area contributed by atoms with E-state index in [4.69, 9.17) is 0 Å². The fourth-order valence-corrected chi connectivity index (χ4v) is 3.68. The number of rotatable bonds is 7. The third-order valence-electron chi connectivity index (χ3n) is 4.35. The van der Waals surface area contributed by atoms with Crippen LogP contribution < -0.4 is 5.56 Å². The summed E-state index contributed by atoms with van der Waals surface area (Å²) in [5, 5.41) is 0.444. The van der Waals surface area contributed by atoms with E-state index in [0.717, 1.165) is 23.2 Å². The summed E-state index contributed by atoms with van der Waals surface area (Å²) >= 11 is 1.33. The molecule has 0 bridgehead atoms. The monoisotopic (exact) mass is 426 g/mol. The molecule has 156 valence electrons. The summed E-state index contributed by atoms with van der Waals surface area (Å²) in [4.78, 5) is 36.7. The number of aromatic nitrogens is 4. The lowest BCUT2D eigenvalue weighted by Gasteiger charge is -2.16. The SMILES string of the molecule is CC(C)(C)c1ncc(Cc2cn(CC=O)c(SCc3ccc(F)cc3)nc2=O)cn1. The van der Waals surface area contributed by atoms with Crippen molar-refractivity contribution >= 4 is 18.0 Å². The zero-order chi connectivity index (χ0) is 21.7. The zero-order valence-electron chi connectivity index (χ0n) is 17.1. The van der Waals surface area contributed by atoms with Crippen LogP contribution in [0.1, 0.15) is 43.3 Å². The van der Waals surface area contributed by atoms with Gasteiger partial charge >= 0.3 is 0 Å². The predicted molar refractivity (Wildman–Crippen MR) is 114 cm³/mol. The van der Waals surface area contributed by atoms with Gasteiger partial charge < -0.3 is 9.36 Å². The summed E-state index contributed by atoms with van der Waals surface area (Å²) in [6.45, 7) is 6.19. The molecule has 0 unspecified atom stereocenters. The maximum absolute atomic E-state index is 13.1. The number of aldehydes is 1. The van der Waals surface area contributed by atoms with E-state index in [-0.39, 0.29) is 23.3 Å². The molecule has 0 aliphatic heterocycles. The average Bonchev–Trinajstić information content (AvgIpc) is 2.70. The number of benzene rings is 1. The molecular formula is C22H23FN4O2S. The highest BCUT2D eigenvalue weighted by atomic mass is 32.2. The maximum Gasteiger partial charge on any atom is 0.277 e. The van der Waals surface area contributed by atoms with E-state index in [1.54, 1.807) is 35.3 Å². The Hall–Kier alpha value is -2.87. The van der Waals surface area contributed by atoms with Gasteiger partial charge in [-0.3, -0.25) is 4.79 Å². The largest absolute Gasteiger partial charge is 0.320 e. The van der Waals surface area contributed by atoms with E-state index < -0.39 is 0 Å². The first-order chi connectivity index (χ1) is 14.3. The molecule has 0 fully saturated rings. The van der Waals surface area contributed by atoms with Gasteiger partial charge in [-0.05, 0) is 23.3 Å². The first kappa shape index (κ1) is 21.8. The molecule has 0 N–H and O–H groups in total. The molecule has 1 aromatic carbocycles. The Bertz CT molecular complexity index is 1070. The lowest BCUT2D eigenvalue weighted by Crippen LogP contribution is -2.20. The number of nitrogens with zero attached hydrogens (tertiary/aromatic N) is 4. The van der Waals surface area contributed by atoms with Gasteiger partial charge in [0.05, 0.1) is 6.54 Å². The number of carbonyl (C=O) groups is 1. The minimum Gasteiger partial charge on any atom is -0.320 e. The topological polar surface area (TPSA) is 77.7 Å². The maximum atomic E-state index is 13.1. The van der Waals surface area contributed by atoms with Gasteiger partial charge in [0.25, 0.3) is 5.56 Å². The summed E-state index contributed by atoms with van der Waals surface area (Å²) in [6.07, 6.45) is 6.19. The number of hydrogen-bond donors (Lipinski definition) is 0. The quantitative estimate of drug-likeness (QED) is 0.327. The molecule has 30 heavy (non-hydrogen) atoms. The van der Waals surface area contributed by atoms with E-state index in [2.05, 4.69) is 15.0 Å². The third kappa shape index (κ3) is 5.60. The highest BCUT2D eigenvalue weighted by Crippen LogP contribution is 2.21. The van der Waals surface area contributed by atoms with E-state index in [1.165, 1.54) is 23.9 Å². The van der Waals surface area contributed by atoms with Crippen molar-refractivity contribution in [2.75, 3.05) is 0 Å². The highest BCUT2D eigenvalue weighted by molar-refractivity contribution is 7.98. The molecule has 0 aliphatic carbocycles. The van der Waals surface area contributed by atoms with Crippen molar-refractivity contribution in [3.8, 4) is 0 Å². The van der Waals surface area contributed by atoms with Gasteiger partial charge in [-0.1, -0.05) is 44.7 Å². The van der Waals surface area contributed by atoms with Crippen molar-refractivity contribution < 1.29 is 9.18 Å². The summed E-state index contributed by atoms with van der Waals surface area (Å²) in [7, 11) is 0. The van der Waals surface area contributed by atoms with Crippen molar-refractivity contribution in [3.05, 3.63) is 81.5 Å². The van der Waals surface area contributed by atoms with Crippen LogP contribution in [0.3, 0.4) is 0 Å². The molecule has 0 atom stereocenters. The number of carbonyl (C=O) groups excluding carboxylic acids is 1. The molecule has 0 saturated heterocycles. The van der Waals surface area contributed by atoms with Gasteiger partial charge in [0.2, 0.25) is 0 Å². The first-order valence-corrected chi connectivity index (χ1v) is 10.5. The number of thioether (sulfide) groups is 1. The number of hydrogen-bond acceptors (Lipinski definition) is 6. The summed E-state index contributed by atoms with van der Waals surface area (Å²) in [5.74, 6) is 0.936. The minimum atomic E-state index is -0.348. The van der Waals surface area contributed by atoms with Crippen molar-refractivity contribution in [2.45, 2.75) is 50.1 Å². The summed E-state index contributed by atoms with van der Waals surface area (Å²) < 4.78 is 14.7. The van der Waals surface area contributed by atoms with Crippen molar-refractivity contribution in [3.63, 3.8) is 0 Å². The van der Waals surface area contributed by atoms with Gasteiger partial charge in [0.1, 0.15) is 17.9 Å². The molecule has 0 radical (unpaired) electrons. The Kier molecular flexibility index (Phi) is 6.77. The normalized spacial score (nSPS) is 11.5. The molecule has 3 rings (SSSR count). The Morgan fingerprint density at radius 2 is 1.77 bits per heavy atom. The first-order valence-electron chi connectivity index (χ1n) is 9.49. The average molecular weight is 427 g/mol. The Morgan fingerprint density at radius 1 is 1.10 bits per heavy atom. The second-order valence-corrected chi connectivity index (χ2v) is 8.87. The van der Waals surface area contributed by atoms with Gasteiger partial charge in [0, 0.05) is 41.7 Å². The van der Waals surface area contributed by atoms with Gasteiger partial charge in [-0.15, -0.1) is 0 Å². The van der Waals surface area contributed by atoms with Crippen molar-refractivity contribution in [2.24, 2.45) is 0 Å². The third-order valence-corrected chi connectivity index (χ3v) is 5.41. The van der Waals surface area contributed by atoms with Crippen molar-refractivity contribution in [1.82, 2.24) is 19.5 Å². The summed E-state index contributed by atoms with van der Waals surface area (Å²) in [6, 6.07) is 6.14. The van der Waals surface area contributed by atoms with Gasteiger partial charge in [-0.25, -0.2) is 14.4 Å². The fraction of sp³-hybridized carbons (Fsp3) is 0.318. The predicted octanol–water partition coefficient (Wildman–Crippen LogP) is 3.55. The second kappa shape index (κ2) is 9.30. The van der Waals surface area contributed by atoms with Crippen LogP contribution >= 0.6 is 11.8 Å². The lowest BCUT2D eigenvalue weighted by molar-refractivity contribution is -0.108. The highest BCUT2D eigenvalue weighted by Gasteiger charge is 2.17. The molecule has 0 amide bonds. The van der Waals surface area contributed by atoms with Crippen LogP contribution in [0.25, 0.3) is 0 Å². The number of halogens is 1. The molecule has 2 aromatic heterocycles. The fourth-order valence-electron chi connectivity index (χ4n) is 2.75. The lowest BCUT2D eigenvalue weighted by atomic mass is 9.95. The summed E-state index contributed by atoms with van der Waals surface area (Å²) in [5.41, 5.74) is 1.66.